The highest BCUT2D eigenvalue weighted by molar-refractivity contribution is 5.85. The van der Waals surface area contributed by atoms with Gasteiger partial charge in [0.2, 0.25) is 0 Å². The van der Waals surface area contributed by atoms with Crippen molar-refractivity contribution in [2.75, 3.05) is 32.8 Å². The van der Waals surface area contributed by atoms with E-state index < -0.39 is 11.7 Å². The fourth-order valence-corrected chi connectivity index (χ4v) is 2.77. The first-order valence-electron chi connectivity index (χ1n) is 8.09. The normalized spacial score (nSPS) is 18.3. The first-order valence-corrected chi connectivity index (χ1v) is 8.09. The summed E-state index contributed by atoms with van der Waals surface area (Å²) in [5.41, 5.74) is -0.722. The molecule has 1 unspecified atom stereocenters. The first kappa shape index (κ1) is 21.6. The molecule has 1 saturated heterocycles. The number of ether oxygens (including phenoxy) is 2. The highest BCUT2D eigenvalue weighted by Gasteiger charge is 2.30. The van der Waals surface area contributed by atoms with Gasteiger partial charge in [0.1, 0.15) is 12.4 Å². The lowest BCUT2D eigenvalue weighted by atomic mass is 9.98. The number of hydrogen-bond acceptors (Lipinski definition) is 4. The van der Waals surface area contributed by atoms with Crippen LogP contribution in [0.3, 0.4) is 0 Å². The van der Waals surface area contributed by atoms with Gasteiger partial charge in [-0.05, 0) is 44.5 Å². The molecule has 25 heavy (non-hydrogen) atoms. The quantitative estimate of drug-likeness (QED) is 0.703. The largest absolute Gasteiger partial charge is 0.492 e. The number of benzene rings is 1. The lowest BCUT2D eigenvalue weighted by molar-refractivity contribution is -0.150. The fraction of sp³-hybridized carbons (Fsp3) is 0.588. The summed E-state index contributed by atoms with van der Waals surface area (Å²) in [6, 6.07) is 4.85. The third-order valence-electron chi connectivity index (χ3n) is 3.96. The second kappa shape index (κ2) is 9.87. The Bertz CT molecular complexity index is 554. The Morgan fingerprint density at radius 3 is 2.80 bits per heavy atom. The van der Waals surface area contributed by atoms with E-state index in [9.17, 15) is 18.0 Å². The molecule has 142 valence electrons. The number of halogens is 4. The lowest BCUT2D eigenvalue weighted by Crippen LogP contribution is -2.41. The van der Waals surface area contributed by atoms with Crippen LogP contribution in [0.1, 0.15) is 25.3 Å². The molecule has 1 aliphatic heterocycles. The predicted molar refractivity (Wildman–Crippen MR) is 90.0 cm³/mol. The van der Waals surface area contributed by atoms with E-state index in [0.717, 1.165) is 31.5 Å². The minimum atomic E-state index is -4.38. The number of carbonyl (C=O) groups is 1. The zero-order valence-electron chi connectivity index (χ0n) is 14.1. The van der Waals surface area contributed by atoms with Crippen molar-refractivity contribution >= 4 is 18.4 Å². The average Bonchev–Trinajstić information content (AvgIpc) is 2.55. The SMILES string of the molecule is CCOC(=O)C1CCCN(CCOc2cccc(C(F)(F)F)c2)C1.Cl. The van der Waals surface area contributed by atoms with Gasteiger partial charge >= 0.3 is 12.1 Å². The highest BCUT2D eigenvalue weighted by Crippen LogP contribution is 2.31. The molecule has 0 spiro atoms. The Morgan fingerprint density at radius 1 is 1.36 bits per heavy atom. The molecule has 0 N–H and O–H groups in total. The number of hydrogen-bond donors (Lipinski definition) is 0. The molecule has 0 radical (unpaired) electrons. The Kier molecular flexibility index (Phi) is 8.52. The molecular formula is C17H23ClF3NO3. The van der Waals surface area contributed by atoms with Crippen LogP contribution in [0.15, 0.2) is 24.3 Å². The predicted octanol–water partition coefficient (Wildman–Crippen LogP) is 3.78. The Labute approximate surface area is 151 Å². The third-order valence-corrected chi connectivity index (χ3v) is 3.96. The molecule has 0 amide bonds. The van der Waals surface area contributed by atoms with E-state index in [4.69, 9.17) is 9.47 Å². The van der Waals surface area contributed by atoms with E-state index in [1.165, 1.54) is 12.1 Å². The fourth-order valence-electron chi connectivity index (χ4n) is 2.77. The van der Waals surface area contributed by atoms with Gasteiger partial charge in [-0.3, -0.25) is 9.69 Å². The number of piperidine rings is 1. The van der Waals surface area contributed by atoms with Gasteiger partial charge in [0.15, 0.2) is 0 Å². The molecule has 8 heteroatoms. The van der Waals surface area contributed by atoms with E-state index in [2.05, 4.69) is 4.90 Å². The van der Waals surface area contributed by atoms with Crippen LogP contribution in [0.25, 0.3) is 0 Å². The highest BCUT2D eigenvalue weighted by atomic mass is 35.5. The van der Waals surface area contributed by atoms with Crippen molar-refractivity contribution in [3.63, 3.8) is 0 Å². The zero-order chi connectivity index (χ0) is 17.6. The van der Waals surface area contributed by atoms with Crippen LogP contribution in [0.2, 0.25) is 0 Å². The van der Waals surface area contributed by atoms with Gasteiger partial charge in [-0.2, -0.15) is 13.2 Å². The number of esters is 1. The molecule has 0 aliphatic carbocycles. The van der Waals surface area contributed by atoms with Gasteiger partial charge in [-0.1, -0.05) is 6.07 Å². The zero-order valence-corrected chi connectivity index (χ0v) is 14.9. The summed E-state index contributed by atoms with van der Waals surface area (Å²) >= 11 is 0. The van der Waals surface area contributed by atoms with Crippen molar-refractivity contribution in [3.05, 3.63) is 29.8 Å². The molecular weight excluding hydrogens is 359 g/mol. The van der Waals surface area contributed by atoms with Gasteiger partial charge in [0.05, 0.1) is 18.1 Å². The van der Waals surface area contributed by atoms with Crippen LogP contribution in [0, 0.1) is 5.92 Å². The summed E-state index contributed by atoms with van der Waals surface area (Å²) in [7, 11) is 0. The van der Waals surface area contributed by atoms with Gasteiger partial charge in [0.25, 0.3) is 0 Å². The molecule has 0 aromatic heterocycles. The van der Waals surface area contributed by atoms with Crippen LogP contribution in [0.5, 0.6) is 5.75 Å². The van der Waals surface area contributed by atoms with Crippen molar-refractivity contribution < 1.29 is 27.4 Å². The van der Waals surface area contributed by atoms with Crippen molar-refractivity contribution in [2.45, 2.75) is 25.9 Å². The smallest absolute Gasteiger partial charge is 0.416 e. The van der Waals surface area contributed by atoms with E-state index in [-0.39, 0.29) is 36.7 Å². The molecule has 1 aromatic carbocycles. The average molecular weight is 382 g/mol. The van der Waals surface area contributed by atoms with E-state index in [1.54, 1.807) is 6.92 Å². The summed E-state index contributed by atoms with van der Waals surface area (Å²) < 4.78 is 48.4. The van der Waals surface area contributed by atoms with Gasteiger partial charge in [-0.15, -0.1) is 12.4 Å². The minimum absolute atomic E-state index is 0. The van der Waals surface area contributed by atoms with E-state index in [0.29, 0.717) is 19.7 Å². The van der Waals surface area contributed by atoms with Gasteiger partial charge in [0, 0.05) is 13.1 Å². The maximum absolute atomic E-state index is 12.7. The summed E-state index contributed by atoms with van der Waals surface area (Å²) in [6.07, 6.45) is -2.67. The second-order valence-corrected chi connectivity index (χ2v) is 5.77. The van der Waals surface area contributed by atoms with Crippen LogP contribution >= 0.6 is 12.4 Å². The lowest BCUT2D eigenvalue weighted by Gasteiger charge is -2.31. The van der Waals surface area contributed by atoms with Crippen molar-refractivity contribution in [3.8, 4) is 5.75 Å². The van der Waals surface area contributed by atoms with Crippen LogP contribution < -0.4 is 4.74 Å². The maximum atomic E-state index is 12.7. The monoisotopic (exact) mass is 381 g/mol. The molecule has 1 heterocycles. The number of alkyl halides is 3. The van der Waals surface area contributed by atoms with Crippen LogP contribution in [-0.2, 0) is 15.7 Å². The number of likely N-dealkylation sites (tertiary alicyclic amines) is 1. The molecule has 1 atom stereocenters. The summed E-state index contributed by atoms with van der Waals surface area (Å²) in [6.45, 7) is 4.44. The van der Waals surface area contributed by atoms with Gasteiger partial charge < -0.3 is 9.47 Å². The van der Waals surface area contributed by atoms with Crippen molar-refractivity contribution in [1.29, 1.82) is 0 Å². The number of carbonyl (C=O) groups excluding carboxylic acids is 1. The topological polar surface area (TPSA) is 38.8 Å². The van der Waals surface area contributed by atoms with Crippen molar-refractivity contribution in [1.82, 2.24) is 4.90 Å². The maximum Gasteiger partial charge on any atom is 0.416 e. The first-order chi connectivity index (χ1) is 11.4. The number of rotatable bonds is 6. The summed E-state index contributed by atoms with van der Waals surface area (Å²) in [4.78, 5) is 13.9. The summed E-state index contributed by atoms with van der Waals surface area (Å²) in [5.74, 6) is -0.114. The summed E-state index contributed by atoms with van der Waals surface area (Å²) in [5, 5.41) is 0. The van der Waals surface area contributed by atoms with E-state index in [1.807, 2.05) is 0 Å². The third kappa shape index (κ3) is 6.74. The molecule has 1 aliphatic rings. The molecule has 4 nitrogen and oxygen atoms in total. The van der Waals surface area contributed by atoms with Gasteiger partial charge in [-0.25, -0.2) is 0 Å². The van der Waals surface area contributed by atoms with Crippen molar-refractivity contribution in [2.24, 2.45) is 5.92 Å². The van der Waals surface area contributed by atoms with Crippen LogP contribution in [0.4, 0.5) is 13.2 Å². The molecule has 0 saturated carbocycles. The molecule has 0 bridgehead atoms. The minimum Gasteiger partial charge on any atom is -0.492 e. The Hall–Kier alpha value is -1.47. The Balaban J connectivity index is 0.00000312. The standard InChI is InChI=1S/C17H22F3NO3.ClH/c1-2-23-16(22)13-5-4-8-21(12-13)9-10-24-15-7-3-6-14(11-15)17(18,19)20;/h3,6-7,11,13H,2,4-5,8-10,12H2,1H3;1H. The molecule has 2 rings (SSSR count). The van der Waals surface area contributed by atoms with Crippen LogP contribution in [-0.4, -0.2) is 43.7 Å². The molecule has 1 aromatic rings. The van der Waals surface area contributed by atoms with E-state index >= 15 is 0 Å². The Morgan fingerprint density at radius 2 is 2.12 bits per heavy atom. The number of nitrogens with zero attached hydrogens (tertiary/aromatic N) is 1. The molecule has 1 fully saturated rings. The second-order valence-electron chi connectivity index (χ2n) is 5.77.